The number of hydrogen-bond donors (Lipinski definition) is 1. The predicted molar refractivity (Wildman–Crippen MR) is 95.4 cm³/mol. The molecule has 1 aliphatic heterocycles. The molecule has 1 N–H and O–H groups in total. The quantitative estimate of drug-likeness (QED) is 0.788. The van der Waals surface area contributed by atoms with E-state index in [0.29, 0.717) is 0 Å². The van der Waals surface area contributed by atoms with E-state index >= 15 is 0 Å². The lowest BCUT2D eigenvalue weighted by molar-refractivity contribution is 0.145. The number of aliphatic hydroxyl groups excluding tert-OH is 1. The largest absolute Gasteiger partial charge is 0.393 e. The summed E-state index contributed by atoms with van der Waals surface area (Å²) in [6.45, 7) is 5.88. The molecule has 2 aromatic heterocycles. The maximum absolute atomic E-state index is 9.73. The van der Waals surface area contributed by atoms with E-state index in [1.54, 1.807) is 6.20 Å². The van der Waals surface area contributed by atoms with Crippen molar-refractivity contribution in [2.75, 3.05) is 18.0 Å². The number of rotatable bonds is 2. The zero-order valence-electron chi connectivity index (χ0n) is 14.1. The summed E-state index contributed by atoms with van der Waals surface area (Å²) in [7, 11) is 0. The van der Waals surface area contributed by atoms with E-state index < -0.39 is 0 Å². The summed E-state index contributed by atoms with van der Waals surface area (Å²) in [5.74, 6) is 0.952. The molecule has 0 atom stereocenters. The van der Waals surface area contributed by atoms with Gasteiger partial charge < -0.3 is 10.0 Å². The Balaban J connectivity index is 1.78. The van der Waals surface area contributed by atoms with Gasteiger partial charge in [0.15, 0.2) is 5.82 Å². The first-order valence-electron chi connectivity index (χ1n) is 8.47. The van der Waals surface area contributed by atoms with Crippen LogP contribution < -0.4 is 4.90 Å². The van der Waals surface area contributed by atoms with E-state index in [9.17, 15) is 5.11 Å². The standard InChI is InChI=1S/C19H22N4O/c1-13-3-4-14(2)16(11-13)17-12-18-19(20-7-10-23(18)21-17)22-8-5-15(24)6-9-22/h3-4,7,10-12,15,24H,5-6,8-9H2,1-2H3. The molecule has 0 saturated carbocycles. The zero-order chi connectivity index (χ0) is 16.7. The highest BCUT2D eigenvalue weighted by Gasteiger charge is 2.21. The van der Waals surface area contributed by atoms with Crippen LogP contribution in [-0.2, 0) is 0 Å². The van der Waals surface area contributed by atoms with Crippen LogP contribution in [0, 0.1) is 13.8 Å². The van der Waals surface area contributed by atoms with Crippen molar-refractivity contribution in [3.8, 4) is 11.3 Å². The fraction of sp³-hybridized carbons (Fsp3) is 0.368. The van der Waals surface area contributed by atoms with Crippen molar-refractivity contribution >= 4 is 11.3 Å². The predicted octanol–water partition coefficient (Wildman–Crippen LogP) is 2.97. The summed E-state index contributed by atoms with van der Waals surface area (Å²) in [5, 5.41) is 14.5. The molecule has 0 radical (unpaired) electrons. The van der Waals surface area contributed by atoms with Crippen molar-refractivity contribution in [2.45, 2.75) is 32.8 Å². The molecule has 3 aromatic rings. The van der Waals surface area contributed by atoms with Crippen LogP contribution in [0.15, 0.2) is 36.7 Å². The Morgan fingerprint density at radius 2 is 1.92 bits per heavy atom. The fourth-order valence-corrected chi connectivity index (χ4v) is 3.37. The van der Waals surface area contributed by atoms with Gasteiger partial charge in [0, 0.05) is 31.0 Å². The topological polar surface area (TPSA) is 53.7 Å². The van der Waals surface area contributed by atoms with E-state index in [2.05, 4.69) is 48.0 Å². The number of nitrogens with zero attached hydrogens (tertiary/aromatic N) is 4. The van der Waals surface area contributed by atoms with Gasteiger partial charge in [-0.25, -0.2) is 9.50 Å². The molecule has 1 aromatic carbocycles. The highest BCUT2D eigenvalue weighted by atomic mass is 16.3. The van der Waals surface area contributed by atoms with Crippen molar-refractivity contribution in [1.82, 2.24) is 14.6 Å². The molecule has 0 amide bonds. The van der Waals surface area contributed by atoms with Gasteiger partial charge in [-0.2, -0.15) is 5.10 Å². The second-order valence-corrected chi connectivity index (χ2v) is 6.65. The molecule has 0 aliphatic carbocycles. The summed E-state index contributed by atoms with van der Waals surface area (Å²) in [5.41, 5.74) is 5.61. The third kappa shape index (κ3) is 2.65. The van der Waals surface area contributed by atoms with Crippen molar-refractivity contribution in [1.29, 1.82) is 0 Å². The normalized spacial score (nSPS) is 16.0. The first-order chi connectivity index (χ1) is 11.6. The number of aryl methyl sites for hydroxylation is 2. The average Bonchev–Trinajstić information content (AvgIpc) is 3.02. The molecule has 3 heterocycles. The first-order valence-corrected chi connectivity index (χ1v) is 8.47. The van der Waals surface area contributed by atoms with Crippen LogP contribution >= 0.6 is 0 Å². The maximum atomic E-state index is 9.73. The van der Waals surface area contributed by atoms with Gasteiger partial charge in [-0.05, 0) is 44.4 Å². The smallest absolute Gasteiger partial charge is 0.154 e. The Hall–Kier alpha value is -2.40. The SMILES string of the molecule is Cc1ccc(C)c(-c2cc3c(N4CCC(O)CC4)nccn3n2)c1. The molecular formula is C19H22N4O. The number of anilines is 1. The first kappa shape index (κ1) is 15.1. The van der Waals surface area contributed by atoms with Crippen LogP contribution in [0.25, 0.3) is 16.8 Å². The summed E-state index contributed by atoms with van der Waals surface area (Å²) in [6, 6.07) is 8.57. The van der Waals surface area contributed by atoms with Crippen molar-refractivity contribution in [2.24, 2.45) is 0 Å². The van der Waals surface area contributed by atoms with Gasteiger partial charge in [0.05, 0.1) is 11.8 Å². The van der Waals surface area contributed by atoms with Gasteiger partial charge in [0.25, 0.3) is 0 Å². The van der Waals surface area contributed by atoms with Gasteiger partial charge >= 0.3 is 0 Å². The highest BCUT2D eigenvalue weighted by molar-refractivity contribution is 5.76. The van der Waals surface area contributed by atoms with E-state index in [1.165, 1.54) is 16.7 Å². The van der Waals surface area contributed by atoms with Crippen molar-refractivity contribution in [3.63, 3.8) is 0 Å². The van der Waals surface area contributed by atoms with E-state index in [1.807, 2.05) is 10.7 Å². The Morgan fingerprint density at radius 3 is 2.71 bits per heavy atom. The second-order valence-electron chi connectivity index (χ2n) is 6.65. The third-order valence-corrected chi connectivity index (χ3v) is 4.80. The molecule has 1 aliphatic rings. The molecule has 24 heavy (non-hydrogen) atoms. The fourth-order valence-electron chi connectivity index (χ4n) is 3.37. The number of piperidine rings is 1. The lowest BCUT2D eigenvalue weighted by atomic mass is 10.0. The number of fused-ring (bicyclic) bond motifs is 1. The Bertz CT molecular complexity index is 878. The average molecular weight is 322 g/mol. The molecule has 5 nitrogen and oxygen atoms in total. The number of aliphatic hydroxyl groups is 1. The van der Waals surface area contributed by atoms with Gasteiger partial charge in [0.1, 0.15) is 5.52 Å². The van der Waals surface area contributed by atoms with Gasteiger partial charge in [-0.1, -0.05) is 17.7 Å². The van der Waals surface area contributed by atoms with Crippen LogP contribution in [0.3, 0.4) is 0 Å². The van der Waals surface area contributed by atoms with E-state index in [0.717, 1.165) is 43.0 Å². The molecular weight excluding hydrogens is 300 g/mol. The van der Waals surface area contributed by atoms with Gasteiger partial charge in [0.2, 0.25) is 0 Å². The molecule has 0 spiro atoms. The minimum Gasteiger partial charge on any atom is -0.393 e. The Labute approximate surface area is 141 Å². The molecule has 1 saturated heterocycles. The van der Waals surface area contributed by atoms with Crippen molar-refractivity contribution < 1.29 is 5.11 Å². The monoisotopic (exact) mass is 322 g/mol. The zero-order valence-corrected chi connectivity index (χ0v) is 14.1. The molecule has 5 heteroatoms. The van der Waals surface area contributed by atoms with Crippen LogP contribution in [-0.4, -0.2) is 38.9 Å². The number of hydrogen-bond acceptors (Lipinski definition) is 4. The molecule has 0 bridgehead atoms. The maximum Gasteiger partial charge on any atom is 0.154 e. The summed E-state index contributed by atoms with van der Waals surface area (Å²) in [4.78, 5) is 6.83. The van der Waals surface area contributed by atoms with Crippen LogP contribution in [0.5, 0.6) is 0 Å². The van der Waals surface area contributed by atoms with E-state index in [-0.39, 0.29) is 6.10 Å². The molecule has 0 unspecified atom stereocenters. The summed E-state index contributed by atoms with van der Waals surface area (Å²) < 4.78 is 1.91. The minimum absolute atomic E-state index is 0.184. The molecule has 4 rings (SSSR count). The second kappa shape index (κ2) is 5.91. The van der Waals surface area contributed by atoms with Crippen LogP contribution in [0.4, 0.5) is 5.82 Å². The Morgan fingerprint density at radius 1 is 1.12 bits per heavy atom. The van der Waals surface area contributed by atoms with Crippen molar-refractivity contribution in [3.05, 3.63) is 47.8 Å². The summed E-state index contributed by atoms with van der Waals surface area (Å²) in [6.07, 6.45) is 5.09. The van der Waals surface area contributed by atoms with Gasteiger partial charge in [-0.15, -0.1) is 0 Å². The van der Waals surface area contributed by atoms with Crippen LogP contribution in [0.1, 0.15) is 24.0 Å². The summed E-state index contributed by atoms with van der Waals surface area (Å²) >= 11 is 0. The molecule has 1 fully saturated rings. The third-order valence-electron chi connectivity index (χ3n) is 4.80. The van der Waals surface area contributed by atoms with E-state index in [4.69, 9.17) is 5.10 Å². The van der Waals surface area contributed by atoms with Crippen LogP contribution in [0.2, 0.25) is 0 Å². The Kier molecular flexibility index (Phi) is 3.73. The highest BCUT2D eigenvalue weighted by Crippen LogP contribution is 2.29. The van der Waals surface area contributed by atoms with Gasteiger partial charge in [-0.3, -0.25) is 0 Å². The minimum atomic E-state index is -0.184. The number of aromatic nitrogens is 3. The lowest BCUT2D eigenvalue weighted by Gasteiger charge is -2.30. The number of benzene rings is 1. The lowest BCUT2D eigenvalue weighted by Crippen LogP contribution is -2.36. The molecule has 124 valence electrons.